The smallest absolute Gasteiger partial charge is 0.410 e. The van der Waals surface area contributed by atoms with Gasteiger partial charge in [-0.25, -0.2) is 9.78 Å². The van der Waals surface area contributed by atoms with Crippen LogP contribution in [0, 0.1) is 5.41 Å². The molecule has 1 aromatic rings. The molecule has 130 valence electrons. The Morgan fingerprint density at radius 1 is 1.48 bits per heavy atom. The summed E-state index contributed by atoms with van der Waals surface area (Å²) in [5, 5.41) is 6.72. The lowest BCUT2D eigenvalue weighted by atomic mass is 9.80. The monoisotopic (exact) mass is 339 g/mol. The second-order valence-electron chi connectivity index (χ2n) is 7.75. The standard InChI is InChI=1S/C17H29N3O2S/c1-13(14-18-8-11-23-14)19-12-17(5)6-9-20(10-7-17)15(21)22-16(2,3)4/h8,11,13,19H,6-7,9-10,12H2,1-5H3. The van der Waals surface area contributed by atoms with Crippen molar-refractivity contribution < 1.29 is 9.53 Å². The Hall–Kier alpha value is -1.14. The highest BCUT2D eigenvalue weighted by molar-refractivity contribution is 7.09. The van der Waals surface area contributed by atoms with E-state index in [1.807, 2.05) is 37.2 Å². The summed E-state index contributed by atoms with van der Waals surface area (Å²) in [5.74, 6) is 0. The van der Waals surface area contributed by atoms with E-state index in [0.717, 1.165) is 37.5 Å². The molecule has 1 amide bonds. The first-order valence-electron chi connectivity index (χ1n) is 8.29. The molecule has 1 aliphatic rings. The molecule has 2 rings (SSSR count). The van der Waals surface area contributed by atoms with E-state index in [4.69, 9.17) is 4.74 Å². The Kier molecular flexibility index (Phi) is 5.68. The first kappa shape index (κ1) is 18.2. The van der Waals surface area contributed by atoms with Gasteiger partial charge in [-0.1, -0.05) is 6.92 Å². The van der Waals surface area contributed by atoms with Gasteiger partial charge in [-0.3, -0.25) is 0 Å². The number of nitrogens with one attached hydrogen (secondary N) is 1. The zero-order valence-corrected chi connectivity index (χ0v) is 15.7. The van der Waals surface area contributed by atoms with E-state index in [2.05, 4.69) is 24.1 Å². The fourth-order valence-electron chi connectivity index (χ4n) is 2.67. The van der Waals surface area contributed by atoms with Crippen molar-refractivity contribution in [1.82, 2.24) is 15.2 Å². The lowest BCUT2D eigenvalue weighted by Crippen LogP contribution is -2.47. The average Bonchev–Trinajstić information content (AvgIpc) is 2.98. The van der Waals surface area contributed by atoms with Crippen LogP contribution >= 0.6 is 11.3 Å². The molecule has 1 atom stereocenters. The number of carbonyl (C=O) groups excluding carboxylic acids is 1. The fourth-order valence-corrected chi connectivity index (χ4v) is 3.34. The molecule has 0 bridgehead atoms. The molecule has 1 fully saturated rings. The predicted octanol–water partition coefficient (Wildman–Crippen LogP) is 3.83. The summed E-state index contributed by atoms with van der Waals surface area (Å²) in [6.07, 6.45) is 3.64. The molecule has 23 heavy (non-hydrogen) atoms. The van der Waals surface area contributed by atoms with Gasteiger partial charge in [-0.15, -0.1) is 11.3 Å². The number of likely N-dealkylation sites (tertiary alicyclic amines) is 1. The van der Waals surface area contributed by atoms with Gasteiger partial charge < -0.3 is 15.0 Å². The number of nitrogens with zero attached hydrogens (tertiary/aromatic N) is 2. The van der Waals surface area contributed by atoms with Crippen molar-refractivity contribution in [3.63, 3.8) is 0 Å². The zero-order chi connectivity index (χ0) is 17.1. The van der Waals surface area contributed by atoms with Crippen LogP contribution in [0.1, 0.15) is 58.5 Å². The Morgan fingerprint density at radius 2 is 2.13 bits per heavy atom. The van der Waals surface area contributed by atoms with Gasteiger partial charge in [0.1, 0.15) is 10.6 Å². The second kappa shape index (κ2) is 7.18. The normalized spacial score (nSPS) is 19.4. The summed E-state index contributed by atoms with van der Waals surface area (Å²) < 4.78 is 5.46. The van der Waals surface area contributed by atoms with Crippen LogP contribution < -0.4 is 5.32 Å². The van der Waals surface area contributed by atoms with Crippen LogP contribution in [0.4, 0.5) is 4.79 Å². The topological polar surface area (TPSA) is 54.5 Å². The van der Waals surface area contributed by atoms with Gasteiger partial charge in [0.15, 0.2) is 0 Å². The van der Waals surface area contributed by atoms with Crippen LogP contribution in [-0.4, -0.2) is 41.2 Å². The van der Waals surface area contributed by atoms with Crippen LogP contribution in [0.3, 0.4) is 0 Å². The largest absolute Gasteiger partial charge is 0.444 e. The van der Waals surface area contributed by atoms with Crippen molar-refractivity contribution in [2.75, 3.05) is 19.6 Å². The first-order chi connectivity index (χ1) is 10.7. The molecule has 1 aromatic heterocycles. The third-order valence-corrected chi connectivity index (χ3v) is 5.24. The summed E-state index contributed by atoms with van der Waals surface area (Å²) in [6.45, 7) is 12.6. The maximum atomic E-state index is 12.1. The zero-order valence-electron chi connectivity index (χ0n) is 14.9. The van der Waals surface area contributed by atoms with E-state index in [1.54, 1.807) is 11.3 Å². The molecule has 6 heteroatoms. The van der Waals surface area contributed by atoms with Crippen LogP contribution in [-0.2, 0) is 4.74 Å². The average molecular weight is 340 g/mol. The molecular formula is C17H29N3O2S. The van der Waals surface area contributed by atoms with Crippen LogP contribution in [0.15, 0.2) is 11.6 Å². The van der Waals surface area contributed by atoms with Crippen molar-refractivity contribution in [2.45, 2.75) is 59.1 Å². The molecule has 1 saturated heterocycles. The van der Waals surface area contributed by atoms with Crippen molar-refractivity contribution in [2.24, 2.45) is 5.41 Å². The summed E-state index contributed by atoms with van der Waals surface area (Å²) in [6, 6.07) is 0.274. The van der Waals surface area contributed by atoms with E-state index in [1.165, 1.54) is 0 Å². The summed E-state index contributed by atoms with van der Waals surface area (Å²) >= 11 is 1.68. The third-order valence-electron chi connectivity index (χ3n) is 4.28. The Balaban J connectivity index is 1.79. The SMILES string of the molecule is CC(NCC1(C)CCN(C(=O)OC(C)(C)C)CC1)c1nccs1. The van der Waals surface area contributed by atoms with Gasteiger partial charge in [-0.05, 0) is 46.0 Å². The Labute approximate surface area is 143 Å². The van der Waals surface area contributed by atoms with Crippen molar-refractivity contribution in [3.8, 4) is 0 Å². The maximum Gasteiger partial charge on any atom is 0.410 e. The molecule has 0 radical (unpaired) electrons. The fraction of sp³-hybridized carbons (Fsp3) is 0.765. The van der Waals surface area contributed by atoms with Crippen LogP contribution in [0.5, 0.6) is 0 Å². The number of carbonyl (C=O) groups is 1. The minimum Gasteiger partial charge on any atom is -0.444 e. The Morgan fingerprint density at radius 3 is 2.65 bits per heavy atom. The van der Waals surface area contributed by atoms with Gasteiger partial charge in [0, 0.05) is 31.2 Å². The highest BCUT2D eigenvalue weighted by Crippen LogP contribution is 2.31. The minimum absolute atomic E-state index is 0.191. The molecule has 1 aliphatic heterocycles. The molecule has 0 aliphatic carbocycles. The van der Waals surface area contributed by atoms with E-state index < -0.39 is 5.60 Å². The minimum atomic E-state index is -0.428. The first-order valence-corrected chi connectivity index (χ1v) is 9.17. The quantitative estimate of drug-likeness (QED) is 0.906. The van der Waals surface area contributed by atoms with Gasteiger partial charge in [0.25, 0.3) is 0 Å². The molecular weight excluding hydrogens is 310 g/mol. The lowest BCUT2D eigenvalue weighted by Gasteiger charge is -2.40. The van der Waals surface area contributed by atoms with Crippen LogP contribution in [0.25, 0.3) is 0 Å². The molecule has 0 spiro atoms. The van der Waals surface area contributed by atoms with Gasteiger partial charge in [-0.2, -0.15) is 0 Å². The Bertz CT molecular complexity index is 502. The van der Waals surface area contributed by atoms with E-state index >= 15 is 0 Å². The molecule has 0 saturated carbocycles. The van der Waals surface area contributed by atoms with Crippen LogP contribution in [0.2, 0.25) is 0 Å². The lowest BCUT2D eigenvalue weighted by molar-refractivity contribution is 0.0117. The third kappa shape index (κ3) is 5.46. The summed E-state index contributed by atoms with van der Waals surface area (Å²) in [7, 11) is 0. The maximum absolute atomic E-state index is 12.1. The second-order valence-corrected chi connectivity index (χ2v) is 8.68. The molecule has 5 nitrogen and oxygen atoms in total. The highest BCUT2D eigenvalue weighted by atomic mass is 32.1. The number of hydrogen-bond donors (Lipinski definition) is 1. The van der Waals surface area contributed by atoms with E-state index in [0.29, 0.717) is 0 Å². The molecule has 2 heterocycles. The van der Waals surface area contributed by atoms with Crippen molar-refractivity contribution in [1.29, 1.82) is 0 Å². The van der Waals surface area contributed by atoms with Gasteiger partial charge >= 0.3 is 6.09 Å². The number of aromatic nitrogens is 1. The predicted molar refractivity (Wildman–Crippen MR) is 93.7 cm³/mol. The molecule has 0 aromatic carbocycles. The number of thiazole rings is 1. The van der Waals surface area contributed by atoms with E-state index in [9.17, 15) is 4.79 Å². The number of rotatable bonds is 4. The van der Waals surface area contributed by atoms with Crippen molar-refractivity contribution in [3.05, 3.63) is 16.6 Å². The molecule has 1 N–H and O–H groups in total. The van der Waals surface area contributed by atoms with E-state index in [-0.39, 0.29) is 17.6 Å². The number of hydrogen-bond acceptors (Lipinski definition) is 5. The van der Waals surface area contributed by atoms with Crippen molar-refractivity contribution >= 4 is 17.4 Å². The van der Waals surface area contributed by atoms with Gasteiger partial charge in [0.2, 0.25) is 0 Å². The summed E-state index contributed by atoms with van der Waals surface area (Å²) in [4.78, 5) is 18.3. The van der Waals surface area contributed by atoms with Gasteiger partial charge in [0.05, 0.1) is 6.04 Å². The number of amides is 1. The highest BCUT2D eigenvalue weighted by Gasteiger charge is 2.33. The molecule has 1 unspecified atom stereocenters. The summed E-state index contributed by atoms with van der Waals surface area (Å²) in [5.41, 5.74) is -0.216. The number of piperidine rings is 1. The number of ether oxygens (including phenoxy) is 1.